The van der Waals surface area contributed by atoms with E-state index in [2.05, 4.69) is 37.6 Å². The SMILES string of the molecule is CC(C)Cc1nc(N2CCCCC2CN)ncc1C(C)C. The first-order valence-electron chi connectivity index (χ1n) is 8.35. The summed E-state index contributed by atoms with van der Waals surface area (Å²) in [5.74, 6) is 1.96. The van der Waals surface area contributed by atoms with E-state index in [0.717, 1.165) is 25.3 Å². The van der Waals surface area contributed by atoms with E-state index in [-0.39, 0.29) is 0 Å². The molecule has 1 fully saturated rings. The van der Waals surface area contributed by atoms with Gasteiger partial charge in [0, 0.05) is 31.0 Å². The van der Waals surface area contributed by atoms with Crippen molar-refractivity contribution in [3.63, 3.8) is 0 Å². The molecule has 2 rings (SSSR count). The second kappa shape index (κ2) is 7.21. The van der Waals surface area contributed by atoms with Gasteiger partial charge in [0.15, 0.2) is 0 Å². The van der Waals surface area contributed by atoms with E-state index in [1.165, 1.54) is 24.1 Å². The molecule has 1 aliphatic heterocycles. The molecule has 0 aliphatic carbocycles. The van der Waals surface area contributed by atoms with Crippen LogP contribution in [0.5, 0.6) is 0 Å². The van der Waals surface area contributed by atoms with Crippen LogP contribution in [0, 0.1) is 5.92 Å². The molecule has 0 radical (unpaired) electrons. The van der Waals surface area contributed by atoms with Crippen molar-refractivity contribution in [2.24, 2.45) is 11.7 Å². The van der Waals surface area contributed by atoms with Crippen molar-refractivity contribution in [2.45, 2.75) is 65.3 Å². The number of hydrogen-bond donors (Lipinski definition) is 1. The Hall–Kier alpha value is -1.16. The van der Waals surface area contributed by atoms with Gasteiger partial charge in [-0.05, 0) is 43.1 Å². The molecule has 0 saturated carbocycles. The minimum atomic E-state index is 0.399. The molecule has 2 N–H and O–H groups in total. The predicted molar refractivity (Wildman–Crippen MR) is 88.7 cm³/mol. The van der Waals surface area contributed by atoms with Crippen LogP contribution in [0.3, 0.4) is 0 Å². The minimum Gasteiger partial charge on any atom is -0.337 e. The Morgan fingerprint density at radius 3 is 2.67 bits per heavy atom. The quantitative estimate of drug-likeness (QED) is 0.905. The number of aromatic nitrogens is 2. The van der Waals surface area contributed by atoms with Crippen molar-refractivity contribution in [3.05, 3.63) is 17.5 Å². The number of anilines is 1. The van der Waals surface area contributed by atoms with Gasteiger partial charge in [-0.15, -0.1) is 0 Å². The van der Waals surface area contributed by atoms with Crippen molar-refractivity contribution in [1.82, 2.24) is 9.97 Å². The van der Waals surface area contributed by atoms with Gasteiger partial charge in [-0.25, -0.2) is 9.97 Å². The Kier molecular flexibility index (Phi) is 5.57. The molecule has 1 saturated heterocycles. The Morgan fingerprint density at radius 1 is 1.29 bits per heavy atom. The van der Waals surface area contributed by atoms with Crippen LogP contribution < -0.4 is 10.6 Å². The minimum absolute atomic E-state index is 0.399. The third-order valence-electron chi connectivity index (χ3n) is 4.27. The molecule has 1 aliphatic rings. The van der Waals surface area contributed by atoms with E-state index in [4.69, 9.17) is 10.7 Å². The molecule has 1 aromatic rings. The number of hydrogen-bond acceptors (Lipinski definition) is 4. The lowest BCUT2D eigenvalue weighted by molar-refractivity contribution is 0.457. The first-order valence-corrected chi connectivity index (χ1v) is 8.35. The lowest BCUT2D eigenvalue weighted by atomic mass is 9.97. The summed E-state index contributed by atoms with van der Waals surface area (Å²) in [5.41, 5.74) is 8.43. The zero-order valence-electron chi connectivity index (χ0n) is 14.0. The summed E-state index contributed by atoms with van der Waals surface area (Å²) in [7, 11) is 0. The summed E-state index contributed by atoms with van der Waals surface area (Å²) in [6.07, 6.45) is 6.69. The van der Waals surface area contributed by atoms with Gasteiger partial charge in [-0.1, -0.05) is 27.7 Å². The smallest absolute Gasteiger partial charge is 0.225 e. The van der Waals surface area contributed by atoms with Gasteiger partial charge in [0.25, 0.3) is 0 Å². The van der Waals surface area contributed by atoms with Crippen molar-refractivity contribution in [3.8, 4) is 0 Å². The maximum absolute atomic E-state index is 5.93. The topological polar surface area (TPSA) is 55.0 Å². The van der Waals surface area contributed by atoms with Crippen molar-refractivity contribution < 1.29 is 0 Å². The van der Waals surface area contributed by atoms with Gasteiger partial charge in [0.05, 0.1) is 0 Å². The molecule has 21 heavy (non-hydrogen) atoms. The normalized spacial score (nSPS) is 19.6. The van der Waals surface area contributed by atoms with Gasteiger partial charge >= 0.3 is 0 Å². The molecule has 1 aromatic heterocycles. The zero-order valence-corrected chi connectivity index (χ0v) is 14.0. The van der Waals surface area contributed by atoms with Gasteiger partial charge < -0.3 is 10.6 Å². The summed E-state index contributed by atoms with van der Waals surface area (Å²) in [5, 5.41) is 0. The fraction of sp³-hybridized carbons (Fsp3) is 0.765. The first-order chi connectivity index (χ1) is 10.0. The highest BCUT2D eigenvalue weighted by Crippen LogP contribution is 2.25. The molecule has 1 atom stereocenters. The summed E-state index contributed by atoms with van der Waals surface area (Å²) in [6, 6.07) is 0.399. The van der Waals surface area contributed by atoms with E-state index < -0.39 is 0 Å². The van der Waals surface area contributed by atoms with Crippen LogP contribution >= 0.6 is 0 Å². The molecule has 4 nitrogen and oxygen atoms in total. The van der Waals surface area contributed by atoms with Crippen LogP contribution in [0.2, 0.25) is 0 Å². The molecule has 0 spiro atoms. The van der Waals surface area contributed by atoms with E-state index in [0.29, 0.717) is 24.4 Å². The molecule has 0 amide bonds. The fourth-order valence-electron chi connectivity index (χ4n) is 3.10. The lowest BCUT2D eigenvalue weighted by Crippen LogP contribution is -2.45. The van der Waals surface area contributed by atoms with Crippen LogP contribution in [0.1, 0.15) is 64.1 Å². The van der Waals surface area contributed by atoms with Crippen molar-refractivity contribution in [2.75, 3.05) is 18.0 Å². The third kappa shape index (κ3) is 3.94. The van der Waals surface area contributed by atoms with Gasteiger partial charge in [0.1, 0.15) is 0 Å². The monoisotopic (exact) mass is 290 g/mol. The zero-order chi connectivity index (χ0) is 15.4. The van der Waals surface area contributed by atoms with Gasteiger partial charge in [-0.3, -0.25) is 0 Å². The van der Waals surface area contributed by atoms with E-state index >= 15 is 0 Å². The fourth-order valence-corrected chi connectivity index (χ4v) is 3.10. The second-order valence-corrected chi connectivity index (χ2v) is 6.90. The van der Waals surface area contributed by atoms with Gasteiger partial charge in [0.2, 0.25) is 5.95 Å². The van der Waals surface area contributed by atoms with E-state index in [1.807, 2.05) is 6.20 Å². The highest BCUT2D eigenvalue weighted by atomic mass is 15.3. The number of nitrogens with zero attached hydrogens (tertiary/aromatic N) is 3. The van der Waals surface area contributed by atoms with Crippen LogP contribution in [0.25, 0.3) is 0 Å². The van der Waals surface area contributed by atoms with Crippen LogP contribution in [0.4, 0.5) is 5.95 Å². The predicted octanol–water partition coefficient (Wildman–Crippen LogP) is 3.12. The highest BCUT2D eigenvalue weighted by Gasteiger charge is 2.24. The van der Waals surface area contributed by atoms with Gasteiger partial charge in [-0.2, -0.15) is 0 Å². The summed E-state index contributed by atoms with van der Waals surface area (Å²) >= 11 is 0. The van der Waals surface area contributed by atoms with Crippen molar-refractivity contribution >= 4 is 5.95 Å². The van der Waals surface area contributed by atoms with Crippen LogP contribution in [-0.2, 0) is 6.42 Å². The standard InChI is InChI=1S/C17H30N4/c1-12(2)9-16-15(13(3)4)11-19-17(20-16)21-8-6-5-7-14(21)10-18/h11-14H,5-10,18H2,1-4H3. The number of rotatable bonds is 5. The molecular formula is C17H30N4. The van der Waals surface area contributed by atoms with E-state index in [9.17, 15) is 0 Å². The third-order valence-corrected chi connectivity index (χ3v) is 4.27. The summed E-state index contributed by atoms with van der Waals surface area (Å²) in [6.45, 7) is 10.6. The molecule has 2 heterocycles. The van der Waals surface area contributed by atoms with Crippen LogP contribution in [-0.4, -0.2) is 29.1 Å². The molecule has 4 heteroatoms. The molecule has 0 bridgehead atoms. The van der Waals surface area contributed by atoms with Crippen LogP contribution in [0.15, 0.2) is 6.20 Å². The maximum atomic E-state index is 5.93. The number of piperidine rings is 1. The maximum Gasteiger partial charge on any atom is 0.225 e. The highest BCUT2D eigenvalue weighted by molar-refractivity contribution is 5.36. The molecule has 1 unspecified atom stereocenters. The number of nitrogens with two attached hydrogens (primary N) is 1. The lowest BCUT2D eigenvalue weighted by Gasteiger charge is -2.35. The average molecular weight is 290 g/mol. The summed E-state index contributed by atoms with van der Waals surface area (Å²) < 4.78 is 0. The van der Waals surface area contributed by atoms with E-state index in [1.54, 1.807) is 0 Å². The largest absolute Gasteiger partial charge is 0.337 e. The Morgan fingerprint density at radius 2 is 2.05 bits per heavy atom. The first kappa shape index (κ1) is 16.2. The second-order valence-electron chi connectivity index (χ2n) is 6.90. The van der Waals surface area contributed by atoms with Crippen molar-refractivity contribution in [1.29, 1.82) is 0 Å². The molecule has 118 valence electrons. The Balaban J connectivity index is 2.31. The Bertz CT molecular complexity index is 456. The average Bonchev–Trinajstić information content (AvgIpc) is 2.46. The Labute approximate surface area is 129 Å². The molecule has 0 aromatic carbocycles. The molecular weight excluding hydrogens is 260 g/mol. The summed E-state index contributed by atoms with van der Waals surface area (Å²) in [4.78, 5) is 11.9.